The second kappa shape index (κ2) is 6.04. The molecule has 0 aliphatic carbocycles. The van der Waals surface area contributed by atoms with Crippen LogP contribution in [0, 0.1) is 20.8 Å². The molecule has 0 spiro atoms. The fourth-order valence-electron chi connectivity index (χ4n) is 3.19. The van der Waals surface area contributed by atoms with Crippen molar-refractivity contribution in [1.82, 2.24) is 9.21 Å². The van der Waals surface area contributed by atoms with Gasteiger partial charge in [0.25, 0.3) is 0 Å². The summed E-state index contributed by atoms with van der Waals surface area (Å²) in [6.45, 7) is 7.95. The monoisotopic (exact) mass is 311 g/mol. The maximum atomic E-state index is 13.1. The van der Waals surface area contributed by atoms with Gasteiger partial charge >= 0.3 is 0 Å². The van der Waals surface area contributed by atoms with Crippen LogP contribution < -0.4 is 5.73 Å². The van der Waals surface area contributed by atoms with Crippen LogP contribution in [0.5, 0.6) is 0 Å². The lowest BCUT2D eigenvalue weighted by Gasteiger charge is -2.38. The third-order valence-electron chi connectivity index (χ3n) is 4.08. The fourth-order valence-corrected chi connectivity index (χ4v) is 5.23. The summed E-state index contributed by atoms with van der Waals surface area (Å²) in [4.78, 5) is 2.56. The molecule has 5 nitrogen and oxygen atoms in total. The van der Waals surface area contributed by atoms with E-state index in [0.717, 1.165) is 23.2 Å². The van der Waals surface area contributed by atoms with Gasteiger partial charge in [-0.15, -0.1) is 0 Å². The zero-order valence-electron chi connectivity index (χ0n) is 13.3. The van der Waals surface area contributed by atoms with Crippen molar-refractivity contribution in [2.45, 2.75) is 31.7 Å². The molecule has 0 amide bonds. The Balaban J connectivity index is 2.47. The van der Waals surface area contributed by atoms with Crippen LogP contribution in [-0.2, 0) is 10.0 Å². The number of likely N-dealkylation sites (N-methyl/N-ethyl adjacent to an activating group) is 1. The van der Waals surface area contributed by atoms with Crippen molar-refractivity contribution in [2.24, 2.45) is 5.73 Å². The molecule has 1 aromatic rings. The highest BCUT2D eigenvalue weighted by atomic mass is 32.2. The number of hydrogen-bond acceptors (Lipinski definition) is 4. The second-order valence-electron chi connectivity index (χ2n) is 6.00. The predicted octanol–water partition coefficient (Wildman–Crippen LogP) is 0.875. The second-order valence-corrected chi connectivity index (χ2v) is 7.82. The molecule has 1 atom stereocenters. The van der Waals surface area contributed by atoms with Crippen LogP contribution in [0.15, 0.2) is 17.0 Å². The molecular weight excluding hydrogens is 286 g/mol. The van der Waals surface area contributed by atoms with Crippen molar-refractivity contribution in [3.8, 4) is 0 Å². The van der Waals surface area contributed by atoms with Crippen molar-refractivity contribution < 1.29 is 8.42 Å². The van der Waals surface area contributed by atoms with Crippen LogP contribution >= 0.6 is 0 Å². The van der Waals surface area contributed by atoms with Crippen molar-refractivity contribution in [1.29, 1.82) is 0 Å². The van der Waals surface area contributed by atoms with Crippen molar-refractivity contribution >= 4 is 10.0 Å². The summed E-state index contributed by atoms with van der Waals surface area (Å²) < 4.78 is 27.7. The van der Waals surface area contributed by atoms with Crippen LogP contribution in [0.3, 0.4) is 0 Å². The van der Waals surface area contributed by atoms with E-state index < -0.39 is 10.0 Å². The first-order valence-electron chi connectivity index (χ1n) is 7.25. The highest BCUT2D eigenvalue weighted by Crippen LogP contribution is 2.27. The average molecular weight is 311 g/mol. The molecule has 1 saturated heterocycles. The number of nitrogens with zero attached hydrogens (tertiary/aromatic N) is 2. The molecule has 118 valence electrons. The van der Waals surface area contributed by atoms with Gasteiger partial charge in [-0.05, 0) is 38.9 Å². The number of sulfonamides is 1. The quantitative estimate of drug-likeness (QED) is 0.900. The summed E-state index contributed by atoms with van der Waals surface area (Å²) in [6, 6.07) is 3.69. The third kappa shape index (κ3) is 3.13. The summed E-state index contributed by atoms with van der Waals surface area (Å²) in [5, 5.41) is 0. The number of aryl methyl sites for hydroxylation is 3. The average Bonchev–Trinajstić information content (AvgIpc) is 2.36. The molecule has 2 rings (SSSR count). The van der Waals surface area contributed by atoms with E-state index in [2.05, 4.69) is 4.90 Å². The standard InChI is InChI=1S/C15H25N3O2S/c1-11-7-12(2)15(13(3)8-11)21(19,20)18-6-5-17(4)10-14(18)9-16/h7-8,14H,5-6,9-10,16H2,1-4H3. The maximum Gasteiger partial charge on any atom is 0.243 e. The SMILES string of the molecule is Cc1cc(C)c(S(=O)(=O)N2CCN(C)CC2CN)c(C)c1. The Morgan fingerprint density at radius 1 is 1.19 bits per heavy atom. The zero-order chi connectivity index (χ0) is 15.8. The van der Waals surface area contributed by atoms with Crippen LogP contribution in [0.1, 0.15) is 16.7 Å². The van der Waals surface area contributed by atoms with Crippen molar-refractivity contribution in [3.63, 3.8) is 0 Å². The summed E-state index contributed by atoms with van der Waals surface area (Å²) in [5.41, 5.74) is 8.49. The Bertz CT molecular complexity index is 605. The predicted molar refractivity (Wildman–Crippen MR) is 84.9 cm³/mol. The number of nitrogens with two attached hydrogens (primary N) is 1. The van der Waals surface area contributed by atoms with Crippen LogP contribution in [0.2, 0.25) is 0 Å². The Hall–Kier alpha value is -0.950. The molecule has 21 heavy (non-hydrogen) atoms. The van der Waals surface area contributed by atoms with Crippen molar-refractivity contribution in [2.75, 3.05) is 33.2 Å². The van der Waals surface area contributed by atoms with Crippen LogP contribution in [0.25, 0.3) is 0 Å². The summed E-state index contributed by atoms with van der Waals surface area (Å²) >= 11 is 0. The summed E-state index contributed by atoms with van der Waals surface area (Å²) in [7, 11) is -1.50. The molecule has 1 unspecified atom stereocenters. The highest BCUT2D eigenvalue weighted by Gasteiger charge is 2.35. The van der Waals surface area contributed by atoms with Gasteiger partial charge in [-0.25, -0.2) is 8.42 Å². The topological polar surface area (TPSA) is 66.6 Å². The molecule has 0 saturated carbocycles. The smallest absolute Gasteiger partial charge is 0.243 e. The van der Waals surface area contributed by atoms with Crippen molar-refractivity contribution in [3.05, 3.63) is 28.8 Å². The minimum Gasteiger partial charge on any atom is -0.329 e. The van der Waals surface area contributed by atoms with E-state index in [9.17, 15) is 8.42 Å². The number of hydrogen-bond donors (Lipinski definition) is 1. The zero-order valence-corrected chi connectivity index (χ0v) is 14.1. The molecule has 1 aromatic carbocycles. The molecule has 1 heterocycles. The van der Waals surface area contributed by atoms with Gasteiger partial charge in [0.15, 0.2) is 0 Å². The van der Waals surface area contributed by atoms with E-state index in [1.807, 2.05) is 40.0 Å². The first-order chi connectivity index (χ1) is 9.77. The molecule has 0 aromatic heterocycles. The fraction of sp³-hybridized carbons (Fsp3) is 0.600. The number of piperazine rings is 1. The lowest BCUT2D eigenvalue weighted by molar-refractivity contribution is 0.164. The van der Waals surface area contributed by atoms with E-state index in [1.165, 1.54) is 0 Å². The normalized spacial score (nSPS) is 21.7. The van der Waals surface area contributed by atoms with Gasteiger partial charge in [-0.1, -0.05) is 17.7 Å². The minimum atomic E-state index is -3.50. The molecule has 0 bridgehead atoms. The van der Waals surface area contributed by atoms with E-state index >= 15 is 0 Å². The largest absolute Gasteiger partial charge is 0.329 e. The number of benzene rings is 1. The lowest BCUT2D eigenvalue weighted by atomic mass is 10.1. The van der Waals surface area contributed by atoms with Gasteiger partial charge in [0.2, 0.25) is 10.0 Å². The molecule has 2 N–H and O–H groups in total. The number of rotatable bonds is 3. The van der Waals surface area contributed by atoms with Crippen LogP contribution in [-0.4, -0.2) is 56.9 Å². The van der Waals surface area contributed by atoms with Gasteiger partial charge in [-0.2, -0.15) is 4.31 Å². The summed E-state index contributed by atoms with van der Waals surface area (Å²) in [6.07, 6.45) is 0. The molecule has 6 heteroatoms. The highest BCUT2D eigenvalue weighted by molar-refractivity contribution is 7.89. The van der Waals surface area contributed by atoms with Gasteiger partial charge in [-0.3, -0.25) is 0 Å². The Morgan fingerprint density at radius 3 is 2.29 bits per heavy atom. The van der Waals surface area contributed by atoms with E-state index in [1.54, 1.807) is 4.31 Å². The van der Waals surface area contributed by atoms with Gasteiger partial charge in [0.05, 0.1) is 10.9 Å². The van der Waals surface area contributed by atoms with E-state index in [0.29, 0.717) is 24.5 Å². The first kappa shape index (κ1) is 16.4. The third-order valence-corrected chi connectivity index (χ3v) is 6.33. The maximum absolute atomic E-state index is 13.1. The van der Waals surface area contributed by atoms with Gasteiger partial charge in [0.1, 0.15) is 0 Å². The van der Waals surface area contributed by atoms with E-state index in [4.69, 9.17) is 5.73 Å². The molecule has 1 aliphatic heterocycles. The van der Waals surface area contributed by atoms with Crippen LogP contribution in [0.4, 0.5) is 0 Å². The lowest BCUT2D eigenvalue weighted by Crippen LogP contribution is -2.56. The Labute approximate surface area is 127 Å². The summed E-state index contributed by atoms with van der Waals surface area (Å²) in [5.74, 6) is 0. The van der Waals surface area contributed by atoms with Gasteiger partial charge in [0, 0.05) is 26.2 Å². The van der Waals surface area contributed by atoms with E-state index in [-0.39, 0.29) is 6.04 Å². The molecule has 0 radical (unpaired) electrons. The first-order valence-corrected chi connectivity index (χ1v) is 8.69. The minimum absolute atomic E-state index is 0.158. The van der Waals surface area contributed by atoms with Gasteiger partial charge < -0.3 is 10.6 Å². The Morgan fingerprint density at radius 2 is 1.76 bits per heavy atom. The molecular formula is C15H25N3O2S. The molecule has 1 aliphatic rings. The molecule has 1 fully saturated rings. The Kier molecular flexibility index (Phi) is 4.72.